The second kappa shape index (κ2) is 9.02. The van der Waals surface area contributed by atoms with E-state index in [0.717, 1.165) is 24.3 Å². The second-order valence-corrected chi connectivity index (χ2v) is 7.30. The number of ether oxygens (including phenoxy) is 1. The van der Waals surface area contributed by atoms with Crippen molar-refractivity contribution in [3.05, 3.63) is 29.8 Å². The summed E-state index contributed by atoms with van der Waals surface area (Å²) < 4.78 is 32.1. The van der Waals surface area contributed by atoms with Crippen LogP contribution >= 0.6 is 0 Å². The van der Waals surface area contributed by atoms with E-state index in [1.165, 1.54) is 0 Å². The summed E-state index contributed by atoms with van der Waals surface area (Å²) in [6.45, 7) is 7.62. The van der Waals surface area contributed by atoms with Crippen LogP contribution in [-0.4, -0.2) is 39.9 Å². The van der Waals surface area contributed by atoms with Crippen molar-refractivity contribution in [2.75, 3.05) is 26.2 Å². The Morgan fingerprint density at radius 1 is 1.29 bits per heavy atom. The molecule has 0 radical (unpaired) electrons. The molecule has 21 heavy (non-hydrogen) atoms. The number of hydrogen-bond donors (Lipinski definition) is 2. The van der Waals surface area contributed by atoms with E-state index >= 15 is 0 Å². The Bertz CT molecular complexity index is 517. The predicted molar refractivity (Wildman–Crippen MR) is 86.2 cm³/mol. The zero-order valence-corrected chi connectivity index (χ0v) is 13.9. The molecular formula is C15H26N2O3S. The summed E-state index contributed by atoms with van der Waals surface area (Å²) in [5.41, 5.74) is 1.11. The molecule has 2 N–H and O–H groups in total. The lowest BCUT2D eigenvalue weighted by Crippen LogP contribution is -2.40. The van der Waals surface area contributed by atoms with E-state index in [4.69, 9.17) is 4.74 Å². The molecule has 1 aromatic carbocycles. The first-order valence-electron chi connectivity index (χ1n) is 7.34. The van der Waals surface area contributed by atoms with Gasteiger partial charge in [-0.05, 0) is 44.5 Å². The highest BCUT2D eigenvalue weighted by Crippen LogP contribution is 2.11. The molecule has 1 aromatic rings. The highest BCUT2D eigenvalue weighted by molar-refractivity contribution is 7.90. The van der Waals surface area contributed by atoms with Crippen LogP contribution in [0.1, 0.15) is 25.8 Å². The summed E-state index contributed by atoms with van der Waals surface area (Å²) in [6, 6.07) is 7.68. The van der Waals surface area contributed by atoms with Crippen LogP contribution in [0.5, 0.6) is 5.75 Å². The number of sulfonamides is 1. The van der Waals surface area contributed by atoms with Gasteiger partial charge in [-0.2, -0.15) is 0 Å². The molecule has 6 heteroatoms. The molecule has 0 aliphatic rings. The maximum absolute atomic E-state index is 12.0. The molecule has 0 aliphatic carbocycles. The zero-order chi connectivity index (χ0) is 15.7. The molecule has 0 fully saturated rings. The van der Waals surface area contributed by atoms with Crippen LogP contribution in [-0.2, 0) is 10.0 Å². The van der Waals surface area contributed by atoms with E-state index in [1.807, 2.05) is 38.1 Å². The largest absolute Gasteiger partial charge is 0.492 e. The van der Waals surface area contributed by atoms with Gasteiger partial charge in [-0.3, -0.25) is 0 Å². The first-order chi connectivity index (χ1) is 9.95. The Morgan fingerprint density at radius 2 is 2.05 bits per heavy atom. The molecule has 0 heterocycles. The van der Waals surface area contributed by atoms with Gasteiger partial charge in [0.05, 0.1) is 5.25 Å². The molecule has 5 nitrogen and oxygen atoms in total. The van der Waals surface area contributed by atoms with E-state index in [0.29, 0.717) is 13.2 Å². The average molecular weight is 314 g/mol. The number of nitrogens with one attached hydrogen (secondary N) is 2. The molecule has 0 bridgehead atoms. The van der Waals surface area contributed by atoms with E-state index in [2.05, 4.69) is 10.0 Å². The van der Waals surface area contributed by atoms with Gasteiger partial charge in [0.1, 0.15) is 12.4 Å². The quantitative estimate of drug-likeness (QED) is 0.645. The Hall–Kier alpha value is -1.11. The van der Waals surface area contributed by atoms with Crippen LogP contribution < -0.4 is 14.8 Å². The molecule has 0 amide bonds. The fourth-order valence-electron chi connectivity index (χ4n) is 1.79. The van der Waals surface area contributed by atoms with Crippen LogP contribution in [0.2, 0.25) is 0 Å². The molecule has 120 valence electrons. The first kappa shape index (κ1) is 17.9. The van der Waals surface area contributed by atoms with Crippen molar-refractivity contribution in [2.45, 2.75) is 32.4 Å². The lowest BCUT2D eigenvalue weighted by Gasteiger charge is -2.15. The molecule has 0 aliphatic heterocycles. The predicted octanol–water partition coefficient (Wildman–Crippen LogP) is 1.68. The number of hydrogen-bond acceptors (Lipinski definition) is 4. The normalized spacial score (nSPS) is 13.1. The number of rotatable bonds is 10. The fraction of sp³-hybridized carbons (Fsp3) is 0.600. The third-order valence-corrected chi connectivity index (χ3v) is 4.88. The maximum Gasteiger partial charge on any atom is 0.215 e. The summed E-state index contributed by atoms with van der Waals surface area (Å²) in [5, 5.41) is 2.66. The Morgan fingerprint density at radius 3 is 2.71 bits per heavy atom. The third-order valence-electron chi connectivity index (χ3n) is 3.05. The summed E-state index contributed by atoms with van der Waals surface area (Å²) in [6.07, 6.45) is 0.991. The number of aryl methyl sites for hydroxylation is 1. The Kier molecular flexibility index (Phi) is 7.71. The van der Waals surface area contributed by atoms with Crippen LogP contribution in [0, 0.1) is 6.92 Å². The minimum atomic E-state index is -3.30. The molecule has 0 spiro atoms. The maximum atomic E-state index is 12.0. The van der Waals surface area contributed by atoms with Gasteiger partial charge in [-0.25, -0.2) is 13.1 Å². The first-order valence-corrected chi connectivity index (χ1v) is 8.89. The SMILES string of the molecule is CCCNCC(C)S(=O)(=O)NCCOc1cccc(C)c1. The van der Waals surface area contributed by atoms with Crippen LogP contribution in [0.25, 0.3) is 0 Å². The van der Waals surface area contributed by atoms with Crippen molar-refractivity contribution in [3.63, 3.8) is 0 Å². The minimum absolute atomic E-state index is 0.272. The van der Waals surface area contributed by atoms with E-state index < -0.39 is 15.3 Å². The van der Waals surface area contributed by atoms with E-state index in [-0.39, 0.29) is 6.54 Å². The monoisotopic (exact) mass is 314 g/mol. The third kappa shape index (κ3) is 6.93. The summed E-state index contributed by atoms with van der Waals surface area (Å²) in [5.74, 6) is 0.756. The highest BCUT2D eigenvalue weighted by atomic mass is 32.2. The summed E-state index contributed by atoms with van der Waals surface area (Å²) in [4.78, 5) is 0. The molecule has 1 unspecified atom stereocenters. The van der Waals surface area contributed by atoms with E-state index in [1.54, 1.807) is 6.92 Å². The van der Waals surface area contributed by atoms with Gasteiger partial charge < -0.3 is 10.1 Å². The van der Waals surface area contributed by atoms with Gasteiger partial charge in [-0.15, -0.1) is 0 Å². The average Bonchev–Trinajstić information content (AvgIpc) is 2.44. The molecule has 0 saturated carbocycles. The van der Waals surface area contributed by atoms with Gasteiger partial charge in [0, 0.05) is 13.1 Å². The second-order valence-electron chi connectivity index (χ2n) is 5.12. The van der Waals surface area contributed by atoms with Crippen molar-refractivity contribution in [1.82, 2.24) is 10.0 Å². The zero-order valence-electron chi connectivity index (χ0n) is 13.1. The molecule has 0 aromatic heterocycles. The van der Waals surface area contributed by atoms with Crippen LogP contribution in [0.3, 0.4) is 0 Å². The lowest BCUT2D eigenvalue weighted by atomic mass is 10.2. The topological polar surface area (TPSA) is 67.4 Å². The smallest absolute Gasteiger partial charge is 0.215 e. The molecule has 1 rings (SSSR count). The van der Waals surface area contributed by atoms with Gasteiger partial charge in [0.25, 0.3) is 0 Å². The van der Waals surface area contributed by atoms with Crippen LogP contribution in [0.15, 0.2) is 24.3 Å². The summed E-state index contributed by atoms with van der Waals surface area (Å²) >= 11 is 0. The van der Waals surface area contributed by atoms with Crippen molar-refractivity contribution in [3.8, 4) is 5.75 Å². The van der Waals surface area contributed by atoms with Gasteiger partial charge >= 0.3 is 0 Å². The Labute approximate surface area is 128 Å². The van der Waals surface area contributed by atoms with Crippen molar-refractivity contribution in [1.29, 1.82) is 0 Å². The van der Waals surface area contributed by atoms with Crippen molar-refractivity contribution in [2.24, 2.45) is 0 Å². The van der Waals surface area contributed by atoms with Gasteiger partial charge in [0.2, 0.25) is 10.0 Å². The highest BCUT2D eigenvalue weighted by Gasteiger charge is 2.19. The van der Waals surface area contributed by atoms with Crippen LogP contribution in [0.4, 0.5) is 0 Å². The van der Waals surface area contributed by atoms with Crippen molar-refractivity contribution < 1.29 is 13.2 Å². The number of benzene rings is 1. The fourth-order valence-corrected chi connectivity index (χ4v) is 2.78. The standard InChI is InChI=1S/C15H26N2O3S/c1-4-8-16-12-14(3)21(18,19)17-9-10-20-15-7-5-6-13(2)11-15/h5-7,11,14,16-17H,4,8-10,12H2,1-3H3. The van der Waals surface area contributed by atoms with Gasteiger partial charge in [-0.1, -0.05) is 19.1 Å². The van der Waals surface area contributed by atoms with E-state index in [9.17, 15) is 8.42 Å². The summed E-state index contributed by atoms with van der Waals surface area (Å²) in [7, 11) is -3.30. The van der Waals surface area contributed by atoms with Crippen molar-refractivity contribution >= 4 is 10.0 Å². The Balaban J connectivity index is 2.30. The van der Waals surface area contributed by atoms with Gasteiger partial charge in [0.15, 0.2) is 0 Å². The minimum Gasteiger partial charge on any atom is -0.492 e. The lowest BCUT2D eigenvalue weighted by molar-refractivity contribution is 0.322. The molecule has 0 saturated heterocycles. The molecule has 1 atom stereocenters. The molecular weight excluding hydrogens is 288 g/mol.